The number of hydrogen-bond donors (Lipinski definition) is 2. The molecule has 2 unspecified atom stereocenters. The Kier molecular flexibility index (Phi) is 5.68. The van der Waals surface area contributed by atoms with Crippen molar-refractivity contribution in [3.63, 3.8) is 0 Å². The fraction of sp³-hybridized carbons (Fsp3) is 0.579. The van der Waals surface area contributed by atoms with E-state index in [1.165, 1.54) is 12.4 Å². The Labute approximate surface area is 171 Å². The minimum atomic E-state index is -4.33. The number of benzene rings is 1. The first-order valence-corrected chi connectivity index (χ1v) is 9.86. The van der Waals surface area contributed by atoms with Crippen LogP contribution in [0.2, 0.25) is 5.02 Å². The molecule has 154 valence electrons. The van der Waals surface area contributed by atoms with Gasteiger partial charge in [-0.3, -0.25) is 9.78 Å². The van der Waals surface area contributed by atoms with Gasteiger partial charge in [0, 0.05) is 5.02 Å². The summed E-state index contributed by atoms with van der Waals surface area (Å²) in [7, 11) is 0. The lowest BCUT2D eigenvalue weighted by molar-refractivity contribution is -0.127. The van der Waals surface area contributed by atoms with Crippen molar-refractivity contribution in [3.8, 4) is 0 Å². The van der Waals surface area contributed by atoms with E-state index >= 15 is 0 Å². The predicted molar refractivity (Wildman–Crippen MR) is 104 cm³/mol. The Morgan fingerprint density at radius 2 is 2.07 bits per heavy atom. The SMILES string of the molecule is CC1(C)CCC(Cc2ccc(Cl)cc2CC(F)(F)F)C1(O)Cn1[nH]cnc1=S. The van der Waals surface area contributed by atoms with Crippen LogP contribution < -0.4 is 0 Å². The molecule has 3 rings (SSSR count). The highest BCUT2D eigenvalue weighted by atomic mass is 35.5. The largest absolute Gasteiger partial charge is 0.393 e. The maximum absolute atomic E-state index is 13.0. The van der Waals surface area contributed by atoms with Crippen LogP contribution in [0.3, 0.4) is 0 Å². The Hall–Kier alpha value is -1.38. The van der Waals surface area contributed by atoms with Gasteiger partial charge in [0.05, 0.1) is 18.6 Å². The maximum atomic E-state index is 13.0. The topological polar surface area (TPSA) is 53.8 Å². The molecule has 2 aromatic rings. The van der Waals surface area contributed by atoms with Crippen LogP contribution >= 0.6 is 23.8 Å². The molecular weight excluding hydrogens is 411 g/mol. The third-order valence-corrected chi connectivity index (χ3v) is 6.57. The molecule has 9 heteroatoms. The van der Waals surface area contributed by atoms with Crippen molar-refractivity contribution in [3.05, 3.63) is 45.4 Å². The zero-order chi connectivity index (χ0) is 20.7. The van der Waals surface area contributed by atoms with E-state index in [9.17, 15) is 18.3 Å². The average Bonchev–Trinajstić information content (AvgIpc) is 3.04. The molecule has 28 heavy (non-hydrogen) atoms. The summed E-state index contributed by atoms with van der Waals surface area (Å²) in [6, 6.07) is 4.60. The third-order valence-electron chi connectivity index (χ3n) is 6.01. The van der Waals surface area contributed by atoms with Crippen molar-refractivity contribution in [2.45, 2.75) is 57.9 Å². The summed E-state index contributed by atoms with van der Waals surface area (Å²) in [5.74, 6) is -0.221. The molecule has 2 N–H and O–H groups in total. The molecule has 0 bridgehead atoms. The summed E-state index contributed by atoms with van der Waals surface area (Å²) in [5.41, 5.74) is -0.845. The quantitative estimate of drug-likeness (QED) is 0.644. The van der Waals surface area contributed by atoms with E-state index in [-0.39, 0.29) is 23.0 Å². The molecule has 1 heterocycles. The Morgan fingerprint density at radius 3 is 2.68 bits per heavy atom. The predicted octanol–water partition coefficient (Wildman–Crippen LogP) is 5.11. The summed E-state index contributed by atoms with van der Waals surface area (Å²) in [6.07, 6.45) is -2.10. The number of rotatable bonds is 5. The van der Waals surface area contributed by atoms with Gasteiger partial charge >= 0.3 is 6.18 Å². The fourth-order valence-corrected chi connectivity index (χ4v) is 4.59. The second-order valence-electron chi connectivity index (χ2n) is 8.21. The lowest BCUT2D eigenvalue weighted by Crippen LogP contribution is -2.49. The van der Waals surface area contributed by atoms with Gasteiger partial charge in [0.2, 0.25) is 4.77 Å². The minimum absolute atomic E-state index is 0.158. The number of H-pyrrole nitrogens is 1. The molecule has 2 atom stereocenters. The molecule has 1 fully saturated rings. The summed E-state index contributed by atoms with van der Waals surface area (Å²) in [5, 5.41) is 14.8. The zero-order valence-electron chi connectivity index (χ0n) is 15.7. The van der Waals surface area contributed by atoms with Gasteiger partial charge in [-0.15, -0.1) is 0 Å². The molecule has 4 nitrogen and oxygen atoms in total. The van der Waals surface area contributed by atoms with Crippen LogP contribution in [0.25, 0.3) is 0 Å². The first-order valence-electron chi connectivity index (χ1n) is 9.08. The Balaban J connectivity index is 1.93. The van der Waals surface area contributed by atoms with Crippen molar-refractivity contribution in [2.75, 3.05) is 0 Å². The van der Waals surface area contributed by atoms with Crippen LogP contribution in [-0.4, -0.2) is 31.6 Å². The first kappa shape index (κ1) is 21.3. The van der Waals surface area contributed by atoms with Gasteiger partial charge in [-0.25, -0.2) is 4.98 Å². The number of alkyl halides is 3. The van der Waals surface area contributed by atoms with Crippen molar-refractivity contribution in [2.24, 2.45) is 11.3 Å². The van der Waals surface area contributed by atoms with E-state index in [2.05, 4.69) is 10.1 Å². The van der Waals surface area contributed by atoms with Crippen molar-refractivity contribution < 1.29 is 18.3 Å². The van der Waals surface area contributed by atoms with Crippen LogP contribution in [0.1, 0.15) is 37.8 Å². The second-order valence-corrected chi connectivity index (χ2v) is 9.01. The number of nitrogens with zero attached hydrogens (tertiary/aromatic N) is 2. The smallest absolute Gasteiger partial charge is 0.387 e. The molecule has 0 radical (unpaired) electrons. The number of nitrogens with one attached hydrogen (secondary N) is 1. The monoisotopic (exact) mass is 433 g/mol. The summed E-state index contributed by atoms with van der Waals surface area (Å²) in [6.45, 7) is 4.17. The molecule has 1 aromatic heterocycles. The van der Waals surface area contributed by atoms with Gasteiger partial charge in [-0.2, -0.15) is 13.2 Å². The van der Waals surface area contributed by atoms with Crippen LogP contribution in [0, 0.1) is 16.1 Å². The highest BCUT2D eigenvalue weighted by Gasteiger charge is 2.54. The third kappa shape index (κ3) is 4.28. The molecule has 1 aliphatic carbocycles. The highest BCUT2D eigenvalue weighted by molar-refractivity contribution is 7.71. The number of aromatic nitrogens is 3. The van der Waals surface area contributed by atoms with E-state index in [0.29, 0.717) is 23.2 Å². The molecule has 1 aliphatic rings. The number of hydrogen-bond acceptors (Lipinski definition) is 3. The fourth-order valence-electron chi connectivity index (χ4n) is 4.23. The summed E-state index contributed by atoms with van der Waals surface area (Å²) in [4.78, 5) is 3.98. The van der Waals surface area contributed by atoms with Gasteiger partial charge < -0.3 is 5.11 Å². The standard InChI is InChI=1S/C19H23ClF3N3OS/c1-17(2)6-5-14(18(17,27)10-26-16(28)24-11-25-26)7-12-3-4-15(20)8-13(12)9-19(21,22)23/h3-4,8,11,14,27H,5-7,9-10H2,1-2H3,(H,24,25,28). The molecule has 0 amide bonds. The zero-order valence-corrected chi connectivity index (χ0v) is 17.3. The normalized spacial score (nSPS) is 24.6. The van der Waals surface area contributed by atoms with Crippen molar-refractivity contribution >= 4 is 23.8 Å². The molecular formula is C19H23ClF3N3OS. The van der Waals surface area contributed by atoms with Crippen LogP contribution in [0.15, 0.2) is 24.5 Å². The van der Waals surface area contributed by atoms with E-state index in [4.69, 9.17) is 23.8 Å². The van der Waals surface area contributed by atoms with E-state index in [0.717, 1.165) is 6.42 Å². The van der Waals surface area contributed by atoms with Crippen LogP contribution in [0.5, 0.6) is 0 Å². The first-order chi connectivity index (χ1) is 12.9. The van der Waals surface area contributed by atoms with Gasteiger partial charge in [-0.05, 0) is 66.1 Å². The lowest BCUT2D eigenvalue weighted by Gasteiger charge is -2.41. The number of aromatic amines is 1. The second kappa shape index (κ2) is 7.46. The van der Waals surface area contributed by atoms with E-state index in [1.807, 2.05) is 13.8 Å². The van der Waals surface area contributed by atoms with Crippen molar-refractivity contribution in [1.82, 2.24) is 14.8 Å². The Morgan fingerprint density at radius 1 is 1.36 bits per heavy atom. The molecule has 1 aromatic carbocycles. The Bertz CT molecular complexity index is 908. The van der Waals surface area contributed by atoms with E-state index < -0.39 is 23.6 Å². The molecule has 1 saturated carbocycles. The summed E-state index contributed by atoms with van der Waals surface area (Å²) < 4.78 is 41.0. The average molecular weight is 434 g/mol. The highest BCUT2D eigenvalue weighted by Crippen LogP contribution is 2.51. The van der Waals surface area contributed by atoms with Gasteiger partial charge in [0.25, 0.3) is 0 Å². The molecule has 0 aliphatic heterocycles. The van der Waals surface area contributed by atoms with Gasteiger partial charge in [0.15, 0.2) is 0 Å². The van der Waals surface area contributed by atoms with Crippen LogP contribution in [0.4, 0.5) is 13.2 Å². The van der Waals surface area contributed by atoms with E-state index in [1.54, 1.807) is 16.8 Å². The summed E-state index contributed by atoms with van der Waals surface area (Å²) >= 11 is 11.1. The lowest BCUT2D eigenvalue weighted by atomic mass is 9.72. The number of aliphatic hydroxyl groups is 1. The molecule has 0 spiro atoms. The van der Waals surface area contributed by atoms with Crippen LogP contribution in [-0.2, 0) is 19.4 Å². The maximum Gasteiger partial charge on any atom is 0.393 e. The number of halogens is 4. The van der Waals surface area contributed by atoms with Crippen molar-refractivity contribution in [1.29, 1.82) is 0 Å². The minimum Gasteiger partial charge on any atom is -0.387 e. The van der Waals surface area contributed by atoms with Gasteiger partial charge in [0.1, 0.15) is 6.33 Å². The molecule has 0 saturated heterocycles. The van der Waals surface area contributed by atoms with Gasteiger partial charge in [-0.1, -0.05) is 31.5 Å².